The van der Waals surface area contributed by atoms with Crippen LogP contribution in [0.3, 0.4) is 0 Å². The largest absolute Gasteiger partial charge is 0.358 e. The van der Waals surface area contributed by atoms with E-state index in [-0.39, 0.29) is 5.91 Å². The van der Waals surface area contributed by atoms with Gasteiger partial charge in [-0.25, -0.2) is 0 Å². The number of carbonyl (C=O) groups excluding carboxylic acids is 1. The van der Waals surface area contributed by atoms with Crippen LogP contribution in [0.25, 0.3) is 10.9 Å². The summed E-state index contributed by atoms with van der Waals surface area (Å²) in [5.74, 6) is 0.719. The highest BCUT2D eigenvalue weighted by atomic mass is 16.2. The molecule has 2 aromatic rings. The van der Waals surface area contributed by atoms with Gasteiger partial charge in [-0.15, -0.1) is 0 Å². The molecule has 1 aromatic carbocycles. The zero-order chi connectivity index (χ0) is 15.0. The van der Waals surface area contributed by atoms with Crippen LogP contribution in [-0.4, -0.2) is 35.4 Å². The van der Waals surface area contributed by atoms with E-state index in [4.69, 9.17) is 5.73 Å². The van der Waals surface area contributed by atoms with Gasteiger partial charge in [-0.05, 0) is 62.9 Å². The monoisotopic (exact) mass is 285 g/mol. The molecular weight excluding hydrogens is 262 g/mol. The van der Waals surface area contributed by atoms with Gasteiger partial charge >= 0.3 is 0 Å². The van der Waals surface area contributed by atoms with Crippen molar-refractivity contribution in [1.82, 2.24) is 9.88 Å². The van der Waals surface area contributed by atoms with Gasteiger partial charge in [0, 0.05) is 35.2 Å². The molecule has 4 nitrogen and oxygen atoms in total. The first-order valence-electron chi connectivity index (χ1n) is 7.68. The van der Waals surface area contributed by atoms with E-state index >= 15 is 0 Å². The molecule has 4 heteroatoms. The van der Waals surface area contributed by atoms with Crippen molar-refractivity contribution < 1.29 is 4.79 Å². The van der Waals surface area contributed by atoms with E-state index in [9.17, 15) is 4.79 Å². The van der Waals surface area contributed by atoms with Crippen molar-refractivity contribution in [3.05, 3.63) is 35.0 Å². The number of aromatic nitrogens is 1. The summed E-state index contributed by atoms with van der Waals surface area (Å²) in [6.07, 6.45) is 2.04. The van der Waals surface area contributed by atoms with Crippen molar-refractivity contribution in [2.45, 2.75) is 26.7 Å². The predicted molar refractivity (Wildman–Crippen MR) is 85.5 cm³/mol. The third-order valence-electron chi connectivity index (χ3n) is 4.79. The van der Waals surface area contributed by atoms with E-state index in [0.717, 1.165) is 48.9 Å². The van der Waals surface area contributed by atoms with Crippen LogP contribution in [0.5, 0.6) is 0 Å². The molecule has 1 aliphatic heterocycles. The molecule has 1 aromatic heterocycles. The number of carbonyl (C=O) groups is 1. The first-order chi connectivity index (χ1) is 10.1. The van der Waals surface area contributed by atoms with Crippen molar-refractivity contribution in [1.29, 1.82) is 0 Å². The Morgan fingerprint density at radius 3 is 2.71 bits per heavy atom. The second-order valence-corrected chi connectivity index (χ2v) is 6.11. The Kier molecular flexibility index (Phi) is 3.72. The van der Waals surface area contributed by atoms with Crippen LogP contribution in [0.1, 0.15) is 34.5 Å². The normalized spacial score (nSPS) is 16.6. The Hall–Kier alpha value is -1.81. The predicted octanol–water partition coefficient (Wildman–Crippen LogP) is 2.60. The molecule has 3 N–H and O–H groups in total. The number of benzene rings is 1. The van der Waals surface area contributed by atoms with Crippen molar-refractivity contribution >= 4 is 16.8 Å². The molecule has 21 heavy (non-hydrogen) atoms. The quantitative estimate of drug-likeness (QED) is 0.891. The Morgan fingerprint density at radius 1 is 1.33 bits per heavy atom. The van der Waals surface area contributed by atoms with Gasteiger partial charge in [-0.1, -0.05) is 0 Å². The maximum absolute atomic E-state index is 12.6. The van der Waals surface area contributed by atoms with Gasteiger partial charge in [0.05, 0.1) is 0 Å². The molecule has 0 radical (unpaired) electrons. The van der Waals surface area contributed by atoms with E-state index in [1.165, 1.54) is 11.3 Å². The van der Waals surface area contributed by atoms with E-state index in [1.54, 1.807) is 0 Å². The minimum atomic E-state index is 0.144. The average molecular weight is 285 g/mol. The summed E-state index contributed by atoms with van der Waals surface area (Å²) in [6, 6.07) is 5.95. The summed E-state index contributed by atoms with van der Waals surface area (Å²) in [4.78, 5) is 17.9. The molecule has 0 aliphatic carbocycles. The molecule has 2 heterocycles. The second kappa shape index (κ2) is 5.53. The number of aromatic amines is 1. The van der Waals surface area contributed by atoms with E-state index in [1.807, 2.05) is 23.1 Å². The van der Waals surface area contributed by atoms with Gasteiger partial charge in [0.15, 0.2) is 0 Å². The number of piperidine rings is 1. The molecule has 1 saturated heterocycles. The second-order valence-electron chi connectivity index (χ2n) is 6.11. The van der Waals surface area contributed by atoms with Crippen LogP contribution in [0.4, 0.5) is 0 Å². The number of amides is 1. The molecule has 0 bridgehead atoms. The van der Waals surface area contributed by atoms with Crippen molar-refractivity contribution in [2.24, 2.45) is 11.7 Å². The third kappa shape index (κ3) is 2.56. The Morgan fingerprint density at radius 2 is 2.05 bits per heavy atom. The Bertz CT molecular complexity index is 666. The van der Waals surface area contributed by atoms with Gasteiger partial charge in [-0.2, -0.15) is 0 Å². The summed E-state index contributed by atoms with van der Waals surface area (Å²) in [7, 11) is 0. The third-order valence-corrected chi connectivity index (χ3v) is 4.79. The fourth-order valence-electron chi connectivity index (χ4n) is 3.15. The molecule has 0 unspecified atom stereocenters. The average Bonchev–Trinajstić information content (AvgIpc) is 2.81. The molecular formula is C17H23N3O. The van der Waals surface area contributed by atoms with Gasteiger partial charge in [0.1, 0.15) is 0 Å². The maximum Gasteiger partial charge on any atom is 0.253 e. The SMILES string of the molecule is Cc1[nH]c2ccc(C(=O)N3CCC(CN)CC3)cc2c1C. The van der Waals surface area contributed by atoms with E-state index < -0.39 is 0 Å². The van der Waals surface area contributed by atoms with Crippen LogP contribution in [0.2, 0.25) is 0 Å². The molecule has 112 valence electrons. The molecule has 0 atom stereocenters. The van der Waals surface area contributed by atoms with E-state index in [0.29, 0.717) is 5.92 Å². The van der Waals surface area contributed by atoms with Crippen LogP contribution < -0.4 is 5.73 Å². The number of hydrogen-bond acceptors (Lipinski definition) is 2. The number of fused-ring (bicyclic) bond motifs is 1. The number of nitrogens with two attached hydrogens (primary N) is 1. The lowest BCUT2D eigenvalue weighted by Gasteiger charge is -2.31. The minimum absolute atomic E-state index is 0.144. The van der Waals surface area contributed by atoms with Gasteiger partial charge in [0.2, 0.25) is 0 Å². The Labute approximate surface area is 125 Å². The Balaban J connectivity index is 1.83. The summed E-state index contributed by atoms with van der Waals surface area (Å²) in [6.45, 7) is 6.53. The highest BCUT2D eigenvalue weighted by molar-refractivity contribution is 5.99. The van der Waals surface area contributed by atoms with Gasteiger partial charge in [0.25, 0.3) is 5.91 Å². The zero-order valence-corrected chi connectivity index (χ0v) is 12.8. The summed E-state index contributed by atoms with van der Waals surface area (Å²) >= 11 is 0. The van der Waals surface area contributed by atoms with Gasteiger partial charge < -0.3 is 15.6 Å². The number of H-pyrrole nitrogens is 1. The van der Waals surface area contributed by atoms with Crippen LogP contribution in [0, 0.1) is 19.8 Å². The van der Waals surface area contributed by atoms with Crippen molar-refractivity contribution in [3.63, 3.8) is 0 Å². The lowest BCUT2D eigenvalue weighted by molar-refractivity contribution is 0.0693. The van der Waals surface area contributed by atoms with Crippen LogP contribution in [0.15, 0.2) is 18.2 Å². The van der Waals surface area contributed by atoms with Gasteiger partial charge in [-0.3, -0.25) is 4.79 Å². The topological polar surface area (TPSA) is 62.1 Å². The molecule has 1 fully saturated rings. The zero-order valence-electron chi connectivity index (χ0n) is 12.8. The molecule has 3 rings (SSSR count). The van der Waals surface area contributed by atoms with Crippen molar-refractivity contribution in [3.8, 4) is 0 Å². The smallest absolute Gasteiger partial charge is 0.253 e. The molecule has 0 spiro atoms. The number of nitrogens with zero attached hydrogens (tertiary/aromatic N) is 1. The lowest BCUT2D eigenvalue weighted by atomic mass is 9.96. The number of hydrogen-bond donors (Lipinski definition) is 2. The number of aryl methyl sites for hydroxylation is 2. The summed E-state index contributed by atoms with van der Waals surface area (Å²) in [5.41, 5.74) is 9.99. The van der Waals surface area contributed by atoms with E-state index in [2.05, 4.69) is 18.8 Å². The highest BCUT2D eigenvalue weighted by Crippen LogP contribution is 2.24. The minimum Gasteiger partial charge on any atom is -0.358 e. The number of nitrogens with one attached hydrogen (secondary N) is 1. The lowest BCUT2D eigenvalue weighted by Crippen LogP contribution is -2.40. The number of likely N-dealkylation sites (tertiary alicyclic amines) is 1. The summed E-state index contributed by atoms with van der Waals surface area (Å²) in [5, 5.41) is 1.15. The molecule has 0 saturated carbocycles. The maximum atomic E-state index is 12.6. The first kappa shape index (κ1) is 14.1. The van der Waals surface area contributed by atoms with Crippen molar-refractivity contribution in [2.75, 3.05) is 19.6 Å². The van der Waals surface area contributed by atoms with Crippen LogP contribution in [-0.2, 0) is 0 Å². The number of rotatable bonds is 2. The fraction of sp³-hybridized carbons (Fsp3) is 0.471. The highest BCUT2D eigenvalue weighted by Gasteiger charge is 2.23. The first-order valence-corrected chi connectivity index (χ1v) is 7.68. The molecule has 1 aliphatic rings. The standard InChI is InChI=1S/C17H23N3O/c1-11-12(2)19-16-4-3-14(9-15(11)16)17(21)20-7-5-13(10-18)6-8-20/h3-4,9,13,19H,5-8,10,18H2,1-2H3. The van der Waals surface area contributed by atoms with Crippen LogP contribution >= 0.6 is 0 Å². The fourth-order valence-corrected chi connectivity index (χ4v) is 3.15. The summed E-state index contributed by atoms with van der Waals surface area (Å²) < 4.78 is 0. The molecule has 1 amide bonds.